The number of carbonyl (C=O) groups excluding carboxylic acids is 1. The van der Waals surface area contributed by atoms with Crippen LogP contribution in [0.15, 0.2) is 60.9 Å². The van der Waals surface area contributed by atoms with Gasteiger partial charge in [0.05, 0.1) is 11.6 Å². The first-order valence-corrected chi connectivity index (χ1v) is 8.55. The molecule has 1 heterocycles. The Morgan fingerprint density at radius 1 is 1.00 bits per heavy atom. The predicted molar refractivity (Wildman–Crippen MR) is 104 cm³/mol. The molecule has 0 aliphatic carbocycles. The second-order valence-corrected chi connectivity index (χ2v) is 6.34. The summed E-state index contributed by atoms with van der Waals surface area (Å²) in [6, 6.07) is 15.9. The molecule has 26 heavy (non-hydrogen) atoms. The van der Waals surface area contributed by atoms with Gasteiger partial charge in [0, 0.05) is 18.1 Å². The van der Waals surface area contributed by atoms with Crippen LogP contribution < -0.4 is 10.6 Å². The topological polar surface area (TPSA) is 66.9 Å². The number of aromatic nitrogens is 2. The first kappa shape index (κ1) is 17.6. The van der Waals surface area contributed by atoms with Crippen LogP contribution in [0.5, 0.6) is 0 Å². The molecule has 1 amide bonds. The van der Waals surface area contributed by atoms with Crippen molar-refractivity contribution in [1.82, 2.24) is 15.3 Å². The van der Waals surface area contributed by atoms with Gasteiger partial charge >= 0.3 is 0 Å². The van der Waals surface area contributed by atoms with Crippen LogP contribution in [-0.4, -0.2) is 15.9 Å². The van der Waals surface area contributed by atoms with Gasteiger partial charge in [-0.2, -0.15) is 0 Å². The number of nitrogens with one attached hydrogen (secondary N) is 2. The summed E-state index contributed by atoms with van der Waals surface area (Å²) in [7, 11) is 0. The highest BCUT2D eigenvalue weighted by Gasteiger charge is 2.12. The molecule has 132 valence electrons. The van der Waals surface area contributed by atoms with Crippen LogP contribution in [0, 0.1) is 13.8 Å². The van der Waals surface area contributed by atoms with Gasteiger partial charge in [-0.15, -0.1) is 0 Å². The van der Waals surface area contributed by atoms with Crippen LogP contribution in [0.4, 0.5) is 11.6 Å². The van der Waals surface area contributed by atoms with Gasteiger partial charge in [-0.1, -0.05) is 42.5 Å². The Labute approximate surface area is 153 Å². The lowest BCUT2D eigenvalue weighted by Crippen LogP contribution is -2.26. The number of amides is 1. The number of aryl methyl sites for hydroxylation is 2. The number of anilines is 2. The minimum Gasteiger partial charge on any atom is -0.345 e. The van der Waals surface area contributed by atoms with Crippen molar-refractivity contribution in [3.8, 4) is 0 Å². The largest absolute Gasteiger partial charge is 0.345 e. The highest BCUT2D eigenvalue weighted by atomic mass is 16.1. The molecule has 5 nitrogen and oxygen atoms in total. The predicted octanol–water partition coefficient (Wildman–Crippen LogP) is 4.33. The van der Waals surface area contributed by atoms with E-state index in [0.29, 0.717) is 11.5 Å². The highest BCUT2D eigenvalue weighted by molar-refractivity contribution is 5.93. The lowest BCUT2D eigenvalue weighted by molar-refractivity contribution is 0.0939. The summed E-state index contributed by atoms with van der Waals surface area (Å²) in [5, 5.41) is 6.15. The number of benzene rings is 2. The summed E-state index contributed by atoms with van der Waals surface area (Å²) in [4.78, 5) is 20.9. The van der Waals surface area contributed by atoms with Crippen molar-refractivity contribution in [1.29, 1.82) is 0 Å². The molecule has 0 aliphatic heterocycles. The zero-order chi connectivity index (χ0) is 18.5. The van der Waals surface area contributed by atoms with Gasteiger partial charge in [0.15, 0.2) is 0 Å². The van der Waals surface area contributed by atoms with E-state index in [-0.39, 0.29) is 11.9 Å². The van der Waals surface area contributed by atoms with E-state index in [0.717, 1.165) is 22.4 Å². The molecule has 3 aromatic rings. The summed E-state index contributed by atoms with van der Waals surface area (Å²) in [6.07, 6.45) is 3.07. The zero-order valence-electron chi connectivity index (χ0n) is 15.2. The minimum atomic E-state index is -0.195. The Kier molecular flexibility index (Phi) is 5.27. The average Bonchev–Trinajstić information content (AvgIpc) is 2.66. The molecule has 0 radical (unpaired) electrons. The second kappa shape index (κ2) is 7.78. The van der Waals surface area contributed by atoms with Gasteiger partial charge in [-0.05, 0) is 43.5 Å². The highest BCUT2D eigenvalue weighted by Crippen LogP contribution is 2.19. The van der Waals surface area contributed by atoms with Gasteiger partial charge in [-0.3, -0.25) is 4.79 Å². The Bertz CT molecular complexity index is 892. The first-order chi connectivity index (χ1) is 12.5. The maximum atomic E-state index is 12.4. The van der Waals surface area contributed by atoms with E-state index < -0.39 is 0 Å². The summed E-state index contributed by atoms with van der Waals surface area (Å²) in [5.74, 6) is 0.269. The minimum absolute atomic E-state index is 0.0866. The van der Waals surface area contributed by atoms with Gasteiger partial charge in [0.2, 0.25) is 5.95 Å². The van der Waals surface area contributed by atoms with Gasteiger partial charge in [0.1, 0.15) is 0 Å². The first-order valence-electron chi connectivity index (χ1n) is 8.55. The Hall–Kier alpha value is -3.21. The van der Waals surface area contributed by atoms with E-state index in [4.69, 9.17) is 0 Å². The van der Waals surface area contributed by atoms with Crippen molar-refractivity contribution < 1.29 is 4.79 Å². The van der Waals surface area contributed by atoms with Crippen molar-refractivity contribution >= 4 is 17.5 Å². The molecule has 1 aromatic heterocycles. The molecule has 0 bridgehead atoms. The number of hydrogen-bond acceptors (Lipinski definition) is 4. The van der Waals surface area contributed by atoms with E-state index in [1.165, 1.54) is 12.4 Å². The van der Waals surface area contributed by atoms with Crippen molar-refractivity contribution in [2.45, 2.75) is 26.8 Å². The molecule has 1 atom stereocenters. The Balaban J connectivity index is 1.67. The third kappa shape index (κ3) is 4.25. The molecule has 2 N–H and O–H groups in total. The van der Waals surface area contributed by atoms with Crippen LogP contribution in [0.3, 0.4) is 0 Å². The van der Waals surface area contributed by atoms with Gasteiger partial charge < -0.3 is 10.6 Å². The van der Waals surface area contributed by atoms with E-state index in [1.807, 2.05) is 63.2 Å². The Morgan fingerprint density at radius 2 is 1.69 bits per heavy atom. The van der Waals surface area contributed by atoms with Crippen LogP contribution in [0.25, 0.3) is 0 Å². The molecule has 2 aromatic carbocycles. The van der Waals surface area contributed by atoms with Gasteiger partial charge in [-0.25, -0.2) is 9.97 Å². The van der Waals surface area contributed by atoms with Crippen LogP contribution in [-0.2, 0) is 0 Å². The molecule has 0 spiro atoms. The van der Waals surface area contributed by atoms with E-state index in [2.05, 4.69) is 26.7 Å². The molecule has 3 rings (SSSR count). The number of nitrogens with zero attached hydrogens (tertiary/aromatic N) is 2. The zero-order valence-corrected chi connectivity index (χ0v) is 15.2. The normalized spacial score (nSPS) is 11.7. The third-order valence-electron chi connectivity index (χ3n) is 4.20. The summed E-state index contributed by atoms with van der Waals surface area (Å²) >= 11 is 0. The lowest BCUT2D eigenvalue weighted by atomic mass is 10.1. The fourth-order valence-corrected chi connectivity index (χ4v) is 2.61. The standard InChI is InChI=1S/C21H22N4O/c1-14-9-10-15(2)19(11-14)25-21-22-12-18(13-23-21)20(26)24-16(3)17-7-5-4-6-8-17/h4-13,16H,1-3H3,(H,24,26)(H,22,23,25). The van der Waals surface area contributed by atoms with Crippen LogP contribution in [0.2, 0.25) is 0 Å². The summed E-state index contributed by atoms with van der Waals surface area (Å²) in [6.45, 7) is 6.01. The maximum Gasteiger partial charge on any atom is 0.254 e. The molecule has 0 saturated heterocycles. The fraction of sp³-hybridized carbons (Fsp3) is 0.190. The van der Waals surface area contributed by atoms with Crippen molar-refractivity contribution in [2.24, 2.45) is 0 Å². The summed E-state index contributed by atoms with van der Waals surface area (Å²) in [5.41, 5.74) is 4.70. The molecule has 0 saturated carbocycles. The quantitative estimate of drug-likeness (QED) is 0.722. The van der Waals surface area contributed by atoms with E-state index >= 15 is 0 Å². The molecule has 0 aliphatic rings. The van der Waals surface area contributed by atoms with Crippen molar-refractivity contribution in [2.75, 3.05) is 5.32 Å². The van der Waals surface area contributed by atoms with Crippen molar-refractivity contribution in [3.05, 3.63) is 83.2 Å². The molecule has 1 unspecified atom stereocenters. The van der Waals surface area contributed by atoms with E-state index in [9.17, 15) is 4.79 Å². The number of carbonyl (C=O) groups is 1. The monoisotopic (exact) mass is 346 g/mol. The third-order valence-corrected chi connectivity index (χ3v) is 4.20. The SMILES string of the molecule is Cc1ccc(C)c(Nc2ncc(C(=O)NC(C)c3ccccc3)cn2)c1. The van der Waals surface area contributed by atoms with Crippen LogP contribution >= 0.6 is 0 Å². The molecular formula is C21H22N4O. The molecule has 0 fully saturated rings. The Morgan fingerprint density at radius 3 is 2.38 bits per heavy atom. The lowest BCUT2D eigenvalue weighted by Gasteiger charge is -2.14. The smallest absolute Gasteiger partial charge is 0.254 e. The fourth-order valence-electron chi connectivity index (χ4n) is 2.61. The second-order valence-electron chi connectivity index (χ2n) is 6.34. The van der Waals surface area contributed by atoms with Crippen molar-refractivity contribution in [3.63, 3.8) is 0 Å². The van der Waals surface area contributed by atoms with Crippen LogP contribution in [0.1, 0.15) is 40.0 Å². The van der Waals surface area contributed by atoms with Gasteiger partial charge in [0.25, 0.3) is 5.91 Å². The van der Waals surface area contributed by atoms with E-state index in [1.54, 1.807) is 0 Å². The average molecular weight is 346 g/mol. The summed E-state index contributed by atoms with van der Waals surface area (Å²) < 4.78 is 0. The maximum absolute atomic E-state index is 12.4. The molecule has 5 heteroatoms. The number of rotatable bonds is 5. The molecular weight excluding hydrogens is 324 g/mol. The number of hydrogen-bond donors (Lipinski definition) is 2.